The first-order valence-electron chi connectivity index (χ1n) is 9.82. The molecule has 0 aliphatic heterocycles. The largest absolute Gasteiger partial charge is 0.494 e. The number of amides is 1. The molecule has 4 aromatic rings. The smallest absolute Gasteiger partial charge is 0.277 e. The molecule has 0 atom stereocenters. The molecule has 1 N–H and O–H groups in total. The van der Waals surface area contributed by atoms with E-state index in [9.17, 15) is 14.0 Å². The molecule has 0 saturated heterocycles. The second-order valence-corrected chi connectivity index (χ2v) is 7.06. The predicted octanol–water partition coefficient (Wildman–Crippen LogP) is 3.65. The van der Waals surface area contributed by atoms with Gasteiger partial charge in [-0.3, -0.25) is 9.59 Å². The van der Waals surface area contributed by atoms with Crippen LogP contribution in [-0.2, 0) is 11.3 Å². The molecule has 2 heterocycles. The van der Waals surface area contributed by atoms with E-state index in [0.717, 1.165) is 11.3 Å². The van der Waals surface area contributed by atoms with Crippen LogP contribution in [0.5, 0.6) is 5.75 Å². The Morgan fingerprint density at radius 1 is 1.13 bits per heavy atom. The summed E-state index contributed by atoms with van der Waals surface area (Å²) >= 11 is 0. The minimum atomic E-state index is -0.430. The normalized spacial score (nSPS) is 10.9. The molecular weight excluding hydrogens is 399 g/mol. The maximum atomic E-state index is 13.7. The Hall–Kier alpha value is -3.94. The van der Waals surface area contributed by atoms with Gasteiger partial charge in [0.2, 0.25) is 5.91 Å². The van der Waals surface area contributed by atoms with Crippen molar-refractivity contribution < 1.29 is 13.9 Å². The number of ether oxygens (including phenoxy) is 1. The molecule has 158 valence electrons. The zero-order valence-corrected chi connectivity index (χ0v) is 17.1. The number of aromatic nitrogens is 3. The number of hydrogen-bond acceptors (Lipinski definition) is 4. The number of fused-ring (bicyclic) bond motifs is 1. The fourth-order valence-electron chi connectivity index (χ4n) is 3.21. The third-order valence-electron chi connectivity index (χ3n) is 4.83. The van der Waals surface area contributed by atoms with Crippen LogP contribution in [0.2, 0.25) is 0 Å². The number of aryl methyl sites for hydroxylation is 1. The Balaban J connectivity index is 1.55. The van der Waals surface area contributed by atoms with E-state index in [0.29, 0.717) is 29.1 Å². The van der Waals surface area contributed by atoms with Crippen LogP contribution in [0.4, 0.5) is 10.1 Å². The lowest BCUT2D eigenvalue weighted by atomic mass is 10.1. The summed E-state index contributed by atoms with van der Waals surface area (Å²) in [5, 5.41) is 7.05. The topological polar surface area (TPSA) is 77.6 Å². The van der Waals surface area contributed by atoms with Gasteiger partial charge in [-0.1, -0.05) is 6.07 Å². The zero-order chi connectivity index (χ0) is 22.0. The minimum Gasteiger partial charge on any atom is -0.494 e. The predicted molar refractivity (Wildman–Crippen MR) is 116 cm³/mol. The van der Waals surface area contributed by atoms with Crippen molar-refractivity contribution in [2.45, 2.75) is 20.4 Å². The lowest BCUT2D eigenvalue weighted by Crippen LogP contribution is -2.28. The van der Waals surface area contributed by atoms with Crippen molar-refractivity contribution in [2.24, 2.45) is 0 Å². The Morgan fingerprint density at radius 2 is 1.90 bits per heavy atom. The molecule has 0 fully saturated rings. The second-order valence-electron chi connectivity index (χ2n) is 7.06. The molecule has 2 aromatic carbocycles. The number of carbonyl (C=O) groups is 1. The fraction of sp³-hybridized carbons (Fsp3) is 0.174. The van der Waals surface area contributed by atoms with Crippen LogP contribution in [0.1, 0.15) is 12.5 Å². The van der Waals surface area contributed by atoms with Crippen molar-refractivity contribution in [3.8, 4) is 17.0 Å². The lowest BCUT2D eigenvalue weighted by Gasteiger charge is -2.08. The summed E-state index contributed by atoms with van der Waals surface area (Å²) in [5.74, 6) is -0.0738. The summed E-state index contributed by atoms with van der Waals surface area (Å²) in [6.07, 6.45) is 3.12. The van der Waals surface area contributed by atoms with E-state index >= 15 is 0 Å². The van der Waals surface area contributed by atoms with Gasteiger partial charge in [0.1, 0.15) is 23.6 Å². The number of halogens is 1. The van der Waals surface area contributed by atoms with Crippen LogP contribution in [-0.4, -0.2) is 26.7 Å². The molecule has 0 unspecified atom stereocenters. The first-order valence-corrected chi connectivity index (χ1v) is 9.82. The monoisotopic (exact) mass is 420 g/mol. The second kappa shape index (κ2) is 8.43. The lowest BCUT2D eigenvalue weighted by molar-refractivity contribution is -0.116. The fourth-order valence-corrected chi connectivity index (χ4v) is 3.21. The SMILES string of the molecule is CCOc1ccc(-c2cc3c(=O)n(CC(=O)Nc4ccc(C)c(F)c4)ccn3n2)cc1. The summed E-state index contributed by atoms with van der Waals surface area (Å²) in [5.41, 5.74) is 2.31. The van der Waals surface area contributed by atoms with Gasteiger partial charge in [-0.15, -0.1) is 0 Å². The highest BCUT2D eigenvalue weighted by Crippen LogP contribution is 2.22. The van der Waals surface area contributed by atoms with Crippen molar-refractivity contribution in [2.75, 3.05) is 11.9 Å². The molecule has 8 heteroatoms. The van der Waals surface area contributed by atoms with Gasteiger partial charge in [0.15, 0.2) is 0 Å². The molecule has 7 nitrogen and oxygen atoms in total. The Morgan fingerprint density at radius 3 is 2.61 bits per heavy atom. The Labute approximate surface area is 177 Å². The van der Waals surface area contributed by atoms with Crippen LogP contribution in [0.15, 0.2) is 65.7 Å². The summed E-state index contributed by atoms with van der Waals surface area (Å²) in [6, 6.07) is 13.6. The first kappa shape index (κ1) is 20.3. The minimum absolute atomic E-state index is 0.200. The van der Waals surface area contributed by atoms with Gasteiger partial charge in [-0.05, 0) is 61.9 Å². The summed E-state index contributed by atoms with van der Waals surface area (Å²) in [4.78, 5) is 25.2. The number of anilines is 1. The third-order valence-corrected chi connectivity index (χ3v) is 4.83. The first-order chi connectivity index (χ1) is 14.9. The van der Waals surface area contributed by atoms with Crippen LogP contribution < -0.4 is 15.6 Å². The average Bonchev–Trinajstić information content (AvgIpc) is 3.19. The maximum absolute atomic E-state index is 13.7. The molecule has 2 aromatic heterocycles. The molecule has 1 amide bonds. The molecule has 31 heavy (non-hydrogen) atoms. The van der Waals surface area contributed by atoms with Gasteiger partial charge in [0, 0.05) is 23.6 Å². The molecule has 0 radical (unpaired) electrons. The molecule has 4 rings (SSSR count). The maximum Gasteiger partial charge on any atom is 0.277 e. The Kier molecular flexibility index (Phi) is 5.53. The molecular formula is C23H21FN4O3. The highest BCUT2D eigenvalue weighted by atomic mass is 19.1. The van der Waals surface area contributed by atoms with Gasteiger partial charge in [0.05, 0.1) is 12.3 Å². The molecule has 0 saturated carbocycles. The van der Waals surface area contributed by atoms with Gasteiger partial charge >= 0.3 is 0 Å². The van der Waals surface area contributed by atoms with Crippen molar-refractivity contribution in [3.63, 3.8) is 0 Å². The van der Waals surface area contributed by atoms with E-state index < -0.39 is 11.7 Å². The number of rotatable bonds is 6. The summed E-state index contributed by atoms with van der Waals surface area (Å²) in [7, 11) is 0. The number of nitrogens with one attached hydrogen (secondary N) is 1. The van der Waals surface area contributed by atoms with E-state index in [-0.39, 0.29) is 12.1 Å². The van der Waals surface area contributed by atoms with Crippen molar-refractivity contribution >= 4 is 17.1 Å². The van der Waals surface area contributed by atoms with Crippen molar-refractivity contribution in [1.82, 2.24) is 14.2 Å². The molecule has 0 aliphatic carbocycles. The van der Waals surface area contributed by atoms with E-state index in [1.165, 1.54) is 21.3 Å². The van der Waals surface area contributed by atoms with Crippen LogP contribution in [0.3, 0.4) is 0 Å². The van der Waals surface area contributed by atoms with Gasteiger partial charge < -0.3 is 14.6 Å². The highest BCUT2D eigenvalue weighted by molar-refractivity contribution is 5.90. The standard InChI is InChI=1S/C23H21FN4O3/c1-3-31-18-8-5-16(6-9-18)20-13-21-23(30)27(10-11-28(21)26-20)14-22(29)25-17-7-4-15(2)19(24)12-17/h4-13H,3,14H2,1-2H3,(H,25,29). The van der Waals surface area contributed by atoms with Gasteiger partial charge in [-0.2, -0.15) is 5.10 Å². The van der Waals surface area contributed by atoms with E-state index in [4.69, 9.17) is 4.74 Å². The molecule has 0 spiro atoms. The summed E-state index contributed by atoms with van der Waals surface area (Å²) < 4.78 is 21.9. The number of nitrogens with zero attached hydrogens (tertiary/aromatic N) is 3. The van der Waals surface area contributed by atoms with E-state index in [1.54, 1.807) is 31.3 Å². The van der Waals surface area contributed by atoms with Gasteiger partial charge in [0.25, 0.3) is 5.56 Å². The van der Waals surface area contributed by atoms with Gasteiger partial charge in [-0.25, -0.2) is 8.91 Å². The zero-order valence-electron chi connectivity index (χ0n) is 17.1. The van der Waals surface area contributed by atoms with E-state index in [2.05, 4.69) is 10.4 Å². The number of carbonyl (C=O) groups excluding carboxylic acids is 1. The van der Waals surface area contributed by atoms with E-state index in [1.807, 2.05) is 31.2 Å². The van der Waals surface area contributed by atoms with Crippen LogP contribution >= 0.6 is 0 Å². The molecule has 0 bridgehead atoms. The van der Waals surface area contributed by atoms with Crippen LogP contribution in [0, 0.1) is 12.7 Å². The van der Waals surface area contributed by atoms with Crippen LogP contribution in [0.25, 0.3) is 16.8 Å². The highest BCUT2D eigenvalue weighted by Gasteiger charge is 2.12. The third kappa shape index (κ3) is 4.32. The quantitative estimate of drug-likeness (QED) is 0.517. The summed E-state index contributed by atoms with van der Waals surface area (Å²) in [6.45, 7) is 3.94. The average molecular weight is 420 g/mol. The number of hydrogen-bond donors (Lipinski definition) is 1. The number of benzene rings is 2. The van der Waals surface area contributed by atoms with Crippen molar-refractivity contribution in [1.29, 1.82) is 0 Å². The molecule has 0 aliphatic rings. The van der Waals surface area contributed by atoms with Crippen molar-refractivity contribution in [3.05, 3.63) is 82.7 Å². The Bertz CT molecular complexity index is 1310.